The van der Waals surface area contributed by atoms with Crippen molar-refractivity contribution < 1.29 is 0 Å². The van der Waals surface area contributed by atoms with Crippen molar-refractivity contribution in [2.75, 3.05) is 39.1 Å². The number of likely N-dealkylation sites (N-methyl/N-ethyl adjacent to an activating group) is 1. The van der Waals surface area contributed by atoms with Gasteiger partial charge in [0.1, 0.15) is 0 Å². The molecule has 0 radical (unpaired) electrons. The summed E-state index contributed by atoms with van der Waals surface area (Å²) in [6, 6.07) is 0. The third-order valence-electron chi connectivity index (χ3n) is 3.17. The maximum Gasteiger partial charge on any atom is 0.225 e. The second-order valence-corrected chi connectivity index (χ2v) is 6.06. The van der Waals surface area contributed by atoms with E-state index in [1.807, 2.05) is 25.2 Å². The van der Waals surface area contributed by atoms with Crippen molar-refractivity contribution in [3.8, 4) is 0 Å². The van der Waals surface area contributed by atoms with Crippen molar-refractivity contribution in [3.05, 3.63) is 15.5 Å². The van der Waals surface area contributed by atoms with Gasteiger partial charge >= 0.3 is 0 Å². The summed E-state index contributed by atoms with van der Waals surface area (Å²) < 4.78 is 1.19. The highest BCUT2D eigenvalue weighted by molar-refractivity contribution is 14.1. The van der Waals surface area contributed by atoms with Gasteiger partial charge in [-0.15, -0.1) is 0 Å². The molecular weight excluding hydrogens is 327 g/mol. The molecule has 0 spiro atoms. The molecule has 4 nitrogen and oxygen atoms in total. The number of likely N-dealkylation sites (tertiary alicyclic amines) is 1. The first-order valence-corrected chi connectivity index (χ1v) is 7.04. The summed E-state index contributed by atoms with van der Waals surface area (Å²) >= 11 is 2.35. The Hall–Kier alpha value is -0.430. The molecule has 1 aromatic rings. The molecule has 1 fully saturated rings. The molecule has 5 heteroatoms. The minimum Gasteiger partial charge on any atom is -0.347 e. The van der Waals surface area contributed by atoms with Crippen LogP contribution in [0.3, 0.4) is 0 Å². The third-order valence-corrected chi connectivity index (χ3v) is 4.00. The maximum absolute atomic E-state index is 4.71. The minimum atomic E-state index is 0.558. The lowest BCUT2D eigenvalue weighted by Crippen LogP contribution is -2.32. The fourth-order valence-electron chi connectivity index (χ4n) is 2.26. The first-order chi connectivity index (χ1) is 8.08. The summed E-state index contributed by atoms with van der Waals surface area (Å²) in [4.78, 5) is 13.4. The molecule has 2 rings (SSSR count). The maximum atomic E-state index is 4.71. The second kappa shape index (κ2) is 5.48. The van der Waals surface area contributed by atoms with Gasteiger partial charge in [0, 0.05) is 32.8 Å². The summed E-state index contributed by atoms with van der Waals surface area (Å²) in [5, 5.41) is 0. The average molecular weight is 346 g/mol. The number of hydrogen-bond acceptors (Lipinski definition) is 4. The Balaban J connectivity index is 2.26. The number of rotatable bonds is 2. The van der Waals surface area contributed by atoms with Gasteiger partial charge in [0.2, 0.25) is 5.95 Å². The number of aromatic nitrogens is 2. The van der Waals surface area contributed by atoms with E-state index >= 15 is 0 Å². The van der Waals surface area contributed by atoms with Crippen LogP contribution in [-0.4, -0.2) is 49.1 Å². The molecule has 2 heterocycles. The number of anilines is 1. The van der Waals surface area contributed by atoms with Crippen molar-refractivity contribution in [2.45, 2.75) is 18.8 Å². The van der Waals surface area contributed by atoms with Gasteiger partial charge in [0.15, 0.2) is 0 Å². The molecule has 0 saturated carbocycles. The molecule has 0 amide bonds. The van der Waals surface area contributed by atoms with Crippen LogP contribution in [0.25, 0.3) is 0 Å². The molecule has 1 aromatic heterocycles. The minimum absolute atomic E-state index is 0.558. The van der Waals surface area contributed by atoms with Crippen LogP contribution in [0.5, 0.6) is 0 Å². The van der Waals surface area contributed by atoms with E-state index < -0.39 is 0 Å². The van der Waals surface area contributed by atoms with E-state index in [1.165, 1.54) is 28.7 Å². The van der Waals surface area contributed by atoms with Crippen LogP contribution in [0.1, 0.15) is 24.5 Å². The molecule has 94 valence electrons. The highest BCUT2D eigenvalue weighted by Gasteiger charge is 2.22. The fourth-order valence-corrected chi connectivity index (χ4v) is 2.96. The Morgan fingerprint density at radius 1 is 1.47 bits per heavy atom. The number of piperidine rings is 1. The van der Waals surface area contributed by atoms with Crippen LogP contribution in [0.15, 0.2) is 6.20 Å². The van der Waals surface area contributed by atoms with E-state index in [0.29, 0.717) is 5.92 Å². The number of nitrogens with zero attached hydrogens (tertiary/aromatic N) is 4. The van der Waals surface area contributed by atoms with E-state index in [9.17, 15) is 0 Å². The predicted octanol–water partition coefficient (Wildman–Crippen LogP) is 1.96. The molecule has 0 aliphatic carbocycles. The molecule has 1 aliphatic rings. The zero-order valence-electron chi connectivity index (χ0n) is 10.6. The summed E-state index contributed by atoms with van der Waals surface area (Å²) in [5.41, 5.74) is 1.22. The Morgan fingerprint density at radius 3 is 2.88 bits per heavy atom. The van der Waals surface area contributed by atoms with E-state index in [-0.39, 0.29) is 0 Å². The predicted molar refractivity (Wildman–Crippen MR) is 78.5 cm³/mol. The molecule has 0 bridgehead atoms. The molecule has 1 atom stereocenters. The Bertz CT molecular complexity index is 394. The first kappa shape index (κ1) is 13.0. The number of halogens is 1. The molecule has 17 heavy (non-hydrogen) atoms. The van der Waals surface area contributed by atoms with E-state index in [4.69, 9.17) is 4.98 Å². The smallest absolute Gasteiger partial charge is 0.225 e. The van der Waals surface area contributed by atoms with E-state index in [0.717, 1.165) is 12.5 Å². The summed E-state index contributed by atoms with van der Waals surface area (Å²) in [6.07, 6.45) is 4.44. The summed E-state index contributed by atoms with van der Waals surface area (Å²) in [7, 11) is 6.16. The molecule has 0 aromatic carbocycles. The lowest BCUT2D eigenvalue weighted by Gasteiger charge is -2.30. The Labute approximate surface area is 117 Å². The fraction of sp³-hybridized carbons (Fsp3) is 0.667. The van der Waals surface area contributed by atoms with Gasteiger partial charge in [-0.25, -0.2) is 9.97 Å². The molecule has 0 unspecified atom stereocenters. The second-order valence-electron chi connectivity index (χ2n) is 4.90. The van der Waals surface area contributed by atoms with Crippen molar-refractivity contribution in [1.82, 2.24) is 14.9 Å². The third kappa shape index (κ3) is 3.07. The van der Waals surface area contributed by atoms with E-state index in [1.54, 1.807) is 0 Å². The lowest BCUT2D eigenvalue weighted by atomic mass is 9.95. The molecule has 1 aliphatic heterocycles. The van der Waals surface area contributed by atoms with Crippen molar-refractivity contribution in [3.63, 3.8) is 0 Å². The van der Waals surface area contributed by atoms with Crippen molar-refractivity contribution in [2.24, 2.45) is 0 Å². The molecule has 0 N–H and O–H groups in total. The zero-order valence-corrected chi connectivity index (χ0v) is 12.8. The van der Waals surface area contributed by atoms with Crippen LogP contribution in [0.4, 0.5) is 5.95 Å². The van der Waals surface area contributed by atoms with Gasteiger partial charge < -0.3 is 9.80 Å². The van der Waals surface area contributed by atoms with Crippen LogP contribution < -0.4 is 4.90 Å². The van der Waals surface area contributed by atoms with Crippen molar-refractivity contribution >= 4 is 28.5 Å². The quantitative estimate of drug-likeness (QED) is 0.767. The molecule has 1 saturated heterocycles. The van der Waals surface area contributed by atoms with Crippen molar-refractivity contribution in [1.29, 1.82) is 0 Å². The van der Waals surface area contributed by atoms with Gasteiger partial charge in [-0.05, 0) is 49.0 Å². The van der Waals surface area contributed by atoms with Gasteiger partial charge in [0.25, 0.3) is 0 Å². The Kier molecular flexibility index (Phi) is 4.19. The van der Waals surface area contributed by atoms with Crippen LogP contribution in [0.2, 0.25) is 0 Å². The van der Waals surface area contributed by atoms with Crippen LogP contribution >= 0.6 is 22.6 Å². The largest absolute Gasteiger partial charge is 0.347 e. The van der Waals surface area contributed by atoms with Gasteiger partial charge in [-0.3, -0.25) is 0 Å². The number of hydrogen-bond donors (Lipinski definition) is 0. The first-order valence-electron chi connectivity index (χ1n) is 5.96. The topological polar surface area (TPSA) is 32.3 Å². The standard InChI is InChI=1S/C12H19IN4/c1-16(2)12-14-7-10(13)11(15-12)9-5-4-6-17(3)8-9/h7,9H,4-6,8H2,1-3H3/t9-/m1/s1. The molecular formula is C12H19IN4. The van der Waals surface area contributed by atoms with Gasteiger partial charge in [0.05, 0.1) is 9.26 Å². The average Bonchev–Trinajstić information content (AvgIpc) is 2.29. The zero-order chi connectivity index (χ0) is 12.4. The summed E-state index contributed by atoms with van der Waals surface area (Å²) in [6.45, 7) is 2.32. The lowest BCUT2D eigenvalue weighted by molar-refractivity contribution is 0.248. The Morgan fingerprint density at radius 2 is 2.24 bits per heavy atom. The normalized spacial score (nSPS) is 21.5. The van der Waals surface area contributed by atoms with Gasteiger partial charge in [-0.2, -0.15) is 0 Å². The van der Waals surface area contributed by atoms with Crippen LogP contribution in [0, 0.1) is 3.57 Å². The van der Waals surface area contributed by atoms with Gasteiger partial charge in [-0.1, -0.05) is 0 Å². The highest BCUT2D eigenvalue weighted by atomic mass is 127. The SMILES string of the molecule is CN1CCC[C@@H](c2nc(N(C)C)ncc2I)C1. The van der Waals surface area contributed by atoms with E-state index in [2.05, 4.69) is 39.5 Å². The summed E-state index contributed by atoms with van der Waals surface area (Å²) in [5.74, 6) is 1.37. The van der Waals surface area contributed by atoms with Crippen LogP contribution in [-0.2, 0) is 0 Å². The monoisotopic (exact) mass is 346 g/mol. The highest BCUT2D eigenvalue weighted by Crippen LogP contribution is 2.28.